The first kappa shape index (κ1) is 12.6. The predicted molar refractivity (Wildman–Crippen MR) is 73.0 cm³/mol. The van der Waals surface area contributed by atoms with Gasteiger partial charge in [0.25, 0.3) is 0 Å². The molecule has 0 aromatic heterocycles. The fourth-order valence-corrected chi connectivity index (χ4v) is 2.67. The lowest BCUT2D eigenvalue weighted by Crippen LogP contribution is -2.53. The summed E-state index contributed by atoms with van der Waals surface area (Å²) in [4.78, 5) is 5.09. The van der Waals surface area contributed by atoms with Gasteiger partial charge in [-0.25, -0.2) is 0 Å². The smallest absolute Gasteiger partial charge is 0.0243 e. The van der Waals surface area contributed by atoms with E-state index in [0.29, 0.717) is 6.04 Å². The third-order valence-corrected chi connectivity index (χ3v) is 3.80. The Hall–Kier alpha value is -0.860. The Labute approximate surface area is 105 Å². The molecule has 0 N–H and O–H groups in total. The summed E-state index contributed by atoms with van der Waals surface area (Å²) in [6, 6.07) is 11.5. The average Bonchev–Trinajstić information content (AvgIpc) is 2.32. The van der Waals surface area contributed by atoms with E-state index in [2.05, 4.69) is 61.0 Å². The van der Waals surface area contributed by atoms with E-state index in [1.165, 1.54) is 25.2 Å². The molecule has 94 valence electrons. The number of hydrogen-bond acceptors (Lipinski definition) is 2. The molecule has 0 saturated carbocycles. The third kappa shape index (κ3) is 3.30. The number of nitrogens with zero attached hydrogens (tertiary/aromatic N) is 2. The zero-order valence-corrected chi connectivity index (χ0v) is 11.3. The molecule has 17 heavy (non-hydrogen) atoms. The quantitative estimate of drug-likeness (QED) is 0.790. The summed E-state index contributed by atoms with van der Waals surface area (Å²) in [5, 5.41) is 0. The van der Waals surface area contributed by atoms with Crippen molar-refractivity contribution in [3.63, 3.8) is 0 Å². The number of piperazine rings is 1. The van der Waals surface area contributed by atoms with Crippen molar-refractivity contribution in [2.75, 3.05) is 26.7 Å². The van der Waals surface area contributed by atoms with Gasteiger partial charge >= 0.3 is 0 Å². The molecular formula is C15H24N2. The molecule has 2 nitrogen and oxygen atoms in total. The van der Waals surface area contributed by atoms with Crippen molar-refractivity contribution in [2.24, 2.45) is 5.92 Å². The van der Waals surface area contributed by atoms with Gasteiger partial charge in [-0.1, -0.05) is 44.2 Å². The minimum Gasteiger partial charge on any atom is -0.301 e. The normalized spacial score (nSPS) is 23.2. The molecule has 0 bridgehead atoms. The Kier molecular flexibility index (Phi) is 4.19. The molecule has 1 aromatic carbocycles. The maximum absolute atomic E-state index is 2.58. The topological polar surface area (TPSA) is 6.48 Å². The van der Waals surface area contributed by atoms with Crippen molar-refractivity contribution in [3.05, 3.63) is 35.9 Å². The molecule has 1 saturated heterocycles. The van der Waals surface area contributed by atoms with Crippen LogP contribution in [0.1, 0.15) is 19.4 Å². The highest BCUT2D eigenvalue weighted by Gasteiger charge is 2.26. The molecular weight excluding hydrogens is 208 g/mol. The van der Waals surface area contributed by atoms with Gasteiger partial charge in [-0.05, 0) is 18.5 Å². The van der Waals surface area contributed by atoms with Crippen molar-refractivity contribution in [1.29, 1.82) is 0 Å². The van der Waals surface area contributed by atoms with Gasteiger partial charge in [-0.15, -0.1) is 0 Å². The Morgan fingerprint density at radius 2 is 1.88 bits per heavy atom. The lowest BCUT2D eigenvalue weighted by atomic mass is 10.00. The molecule has 0 radical (unpaired) electrons. The molecule has 0 unspecified atom stereocenters. The highest BCUT2D eigenvalue weighted by Crippen LogP contribution is 2.17. The van der Waals surface area contributed by atoms with Crippen molar-refractivity contribution in [3.8, 4) is 0 Å². The van der Waals surface area contributed by atoms with Crippen LogP contribution in [0.15, 0.2) is 30.3 Å². The van der Waals surface area contributed by atoms with Crippen LogP contribution in [0, 0.1) is 5.92 Å². The van der Waals surface area contributed by atoms with Gasteiger partial charge in [0.2, 0.25) is 0 Å². The summed E-state index contributed by atoms with van der Waals surface area (Å²) in [7, 11) is 2.25. The Morgan fingerprint density at radius 1 is 1.18 bits per heavy atom. The number of benzene rings is 1. The maximum Gasteiger partial charge on any atom is 0.0243 e. The van der Waals surface area contributed by atoms with Crippen LogP contribution in [-0.2, 0) is 6.54 Å². The van der Waals surface area contributed by atoms with Gasteiger partial charge in [-0.2, -0.15) is 0 Å². The highest BCUT2D eigenvalue weighted by molar-refractivity contribution is 5.14. The van der Waals surface area contributed by atoms with Crippen LogP contribution in [0.3, 0.4) is 0 Å². The third-order valence-electron chi connectivity index (χ3n) is 3.80. The van der Waals surface area contributed by atoms with E-state index in [4.69, 9.17) is 0 Å². The van der Waals surface area contributed by atoms with Gasteiger partial charge < -0.3 is 4.90 Å². The SMILES string of the molecule is CC(C)[C@@H]1CN(Cc2ccccc2)CCN1C. The van der Waals surface area contributed by atoms with E-state index in [9.17, 15) is 0 Å². The first-order valence-electron chi connectivity index (χ1n) is 6.63. The fourth-order valence-electron chi connectivity index (χ4n) is 2.67. The molecule has 1 aliphatic rings. The second-order valence-corrected chi connectivity index (χ2v) is 5.51. The van der Waals surface area contributed by atoms with Gasteiger partial charge in [0, 0.05) is 32.2 Å². The average molecular weight is 232 g/mol. The number of rotatable bonds is 3. The largest absolute Gasteiger partial charge is 0.301 e. The van der Waals surface area contributed by atoms with Gasteiger partial charge in [0.05, 0.1) is 0 Å². The van der Waals surface area contributed by atoms with E-state index in [1.807, 2.05) is 0 Å². The zero-order chi connectivity index (χ0) is 12.3. The summed E-state index contributed by atoms with van der Waals surface area (Å²) in [6.45, 7) is 9.33. The maximum atomic E-state index is 2.58. The highest BCUT2D eigenvalue weighted by atomic mass is 15.3. The first-order valence-corrected chi connectivity index (χ1v) is 6.63. The molecule has 2 rings (SSSR count). The van der Waals surface area contributed by atoms with Crippen molar-refractivity contribution >= 4 is 0 Å². The van der Waals surface area contributed by atoms with Crippen LogP contribution in [0.4, 0.5) is 0 Å². The predicted octanol–water partition coefficient (Wildman–Crippen LogP) is 2.46. The van der Waals surface area contributed by atoms with Crippen molar-refractivity contribution in [1.82, 2.24) is 9.80 Å². The van der Waals surface area contributed by atoms with E-state index >= 15 is 0 Å². The zero-order valence-electron chi connectivity index (χ0n) is 11.3. The summed E-state index contributed by atoms with van der Waals surface area (Å²) < 4.78 is 0. The molecule has 1 aliphatic heterocycles. The molecule has 0 spiro atoms. The van der Waals surface area contributed by atoms with Crippen molar-refractivity contribution < 1.29 is 0 Å². The van der Waals surface area contributed by atoms with Gasteiger partial charge in [0.15, 0.2) is 0 Å². The Bertz CT molecular complexity index is 334. The molecule has 1 fully saturated rings. The lowest BCUT2D eigenvalue weighted by Gasteiger charge is -2.41. The van der Waals surface area contributed by atoms with Crippen molar-refractivity contribution in [2.45, 2.75) is 26.4 Å². The van der Waals surface area contributed by atoms with Crippen LogP contribution in [0.2, 0.25) is 0 Å². The first-order chi connectivity index (χ1) is 8.16. The van der Waals surface area contributed by atoms with Gasteiger partial charge in [0.1, 0.15) is 0 Å². The van der Waals surface area contributed by atoms with Crippen LogP contribution in [0.25, 0.3) is 0 Å². The summed E-state index contributed by atoms with van der Waals surface area (Å²) in [5.41, 5.74) is 1.43. The minimum absolute atomic E-state index is 0.701. The van der Waals surface area contributed by atoms with Crippen LogP contribution in [0.5, 0.6) is 0 Å². The second-order valence-electron chi connectivity index (χ2n) is 5.51. The van der Waals surface area contributed by atoms with E-state index in [1.54, 1.807) is 0 Å². The van der Waals surface area contributed by atoms with E-state index < -0.39 is 0 Å². The number of hydrogen-bond donors (Lipinski definition) is 0. The van der Waals surface area contributed by atoms with E-state index in [0.717, 1.165) is 12.5 Å². The fraction of sp³-hybridized carbons (Fsp3) is 0.600. The summed E-state index contributed by atoms with van der Waals surface area (Å²) in [5.74, 6) is 0.735. The van der Waals surface area contributed by atoms with Crippen LogP contribution >= 0.6 is 0 Å². The molecule has 1 atom stereocenters. The van der Waals surface area contributed by atoms with Crippen LogP contribution < -0.4 is 0 Å². The second kappa shape index (κ2) is 5.65. The number of likely N-dealkylation sites (N-methyl/N-ethyl adjacent to an activating group) is 1. The molecule has 0 aliphatic carbocycles. The van der Waals surface area contributed by atoms with Gasteiger partial charge in [-0.3, -0.25) is 4.90 Å². The standard InChI is InChI=1S/C15H24N2/c1-13(2)15-12-17(10-9-16(15)3)11-14-7-5-4-6-8-14/h4-8,13,15H,9-12H2,1-3H3/t15-/m0/s1. The molecule has 2 heteroatoms. The molecule has 1 aromatic rings. The minimum atomic E-state index is 0.701. The summed E-state index contributed by atoms with van der Waals surface area (Å²) in [6.07, 6.45) is 0. The van der Waals surface area contributed by atoms with Crippen LogP contribution in [-0.4, -0.2) is 42.5 Å². The lowest BCUT2D eigenvalue weighted by molar-refractivity contribution is 0.0656. The molecule has 1 heterocycles. The Balaban J connectivity index is 1.95. The monoisotopic (exact) mass is 232 g/mol. The Morgan fingerprint density at radius 3 is 2.53 bits per heavy atom. The molecule has 0 amide bonds. The summed E-state index contributed by atoms with van der Waals surface area (Å²) >= 11 is 0. The van der Waals surface area contributed by atoms with E-state index in [-0.39, 0.29) is 0 Å².